The average molecular weight is 337 g/mol. The molecule has 1 amide bonds. The number of nitrogens with zero attached hydrogens (tertiary/aromatic N) is 2. The Kier molecular flexibility index (Phi) is 4.71. The number of thioether (sulfide) groups is 1. The molecule has 0 saturated carbocycles. The van der Waals surface area contributed by atoms with E-state index in [-0.39, 0.29) is 5.91 Å². The van der Waals surface area contributed by atoms with Gasteiger partial charge >= 0.3 is 0 Å². The van der Waals surface area contributed by atoms with Crippen LogP contribution in [0.1, 0.15) is 21.7 Å². The number of hydrogen-bond donors (Lipinski definition) is 1. The number of aryl methyl sites for hydroxylation is 2. The Morgan fingerprint density at radius 2 is 1.79 bits per heavy atom. The third-order valence-electron chi connectivity index (χ3n) is 3.74. The van der Waals surface area contributed by atoms with Crippen molar-refractivity contribution < 1.29 is 4.79 Å². The van der Waals surface area contributed by atoms with Gasteiger partial charge in [-0.15, -0.1) is 11.8 Å². The Bertz CT molecular complexity index is 869. The first-order chi connectivity index (χ1) is 11.6. The number of carbonyl (C=O) groups excluding carboxylic acids is 1. The minimum atomic E-state index is -0.114. The lowest BCUT2D eigenvalue weighted by molar-refractivity contribution is 0.102. The van der Waals surface area contributed by atoms with Crippen LogP contribution in [0.2, 0.25) is 0 Å². The van der Waals surface area contributed by atoms with Crippen LogP contribution in [0.25, 0.3) is 5.69 Å². The summed E-state index contributed by atoms with van der Waals surface area (Å²) in [7, 11) is 0. The van der Waals surface area contributed by atoms with Gasteiger partial charge in [0.1, 0.15) is 0 Å². The van der Waals surface area contributed by atoms with Crippen LogP contribution >= 0.6 is 11.8 Å². The van der Waals surface area contributed by atoms with Gasteiger partial charge in [-0.2, -0.15) is 5.10 Å². The Hall–Kier alpha value is -2.53. The van der Waals surface area contributed by atoms with Crippen LogP contribution in [0.4, 0.5) is 5.69 Å². The van der Waals surface area contributed by atoms with E-state index >= 15 is 0 Å². The molecule has 0 aliphatic carbocycles. The second kappa shape index (κ2) is 6.93. The topological polar surface area (TPSA) is 46.9 Å². The maximum absolute atomic E-state index is 12.5. The molecule has 3 aromatic rings. The molecule has 1 heterocycles. The van der Waals surface area contributed by atoms with Gasteiger partial charge < -0.3 is 5.32 Å². The minimum absolute atomic E-state index is 0.114. The van der Waals surface area contributed by atoms with Crippen molar-refractivity contribution in [2.24, 2.45) is 0 Å². The Morgan fingerprint density at radius 1 is 1.08 bits per heavy atom. The lowest BCUT2D eigenvalue weighted by atomic mass is 10.2. The van der Waals surface area contributed by atoms with Gasteiger partial charge in [0.05, 0.1) is 17.1 Å². The molecule has 0 bridgehead atoms. The number of para-hydroxylation sites is 1. The number of nitrogens with one attached hydrogen (secondary N) is 1. The normalized spacial score (nSPS) is 10.6. The molecule has 0 radical (unpaired) electrons. The van der Waals surface area contributed by atoms with Gasteiger partial charge in [0.25, 0.3) is 5.91 Å². The van der Waals surface area contributed by atoms with Crippen molar-refractivity contribution in [1.29, 1.82) is 0 Å². The first-order valence-corrected chi connectivity index (χ1v) is 8.89. The summed E-state index contributed by atoms with van der Waals surface area (Å²) in [4.78, 5) is 13.5. The third-order valence-corrected chi connectivity index (χ3v) is 4.53. The molecule has 1 N–H and O–H groups in total. The molecule has 0 unspecified atom stereocenters. The standard InChI is InChI=1S/C19H19N3OS/c1-13-12-14(2)22(21-13)16-10-8-15(9-11-16)19(23)20-17-6-4-5-7-18(17)24-3/h4-12H,1-3H3,(H,20,23). The number of hydrogen-bond acceptors (Lipinski definition) is 3. The molecule has 122 valence electrons. The number of anilines is 1. The number of amides is 1. The maximum atomic E-state index is 12.5. The smallest absolute Gasteiger partial charge is 0.255 e. The van der Waals surface area contributed by atoms with Crippen LogP contribution < -0.4 is 5.32 Å². The summed E-state index contributed by atoms with van der Waals surface area (Å²) in [6.45, 7) is 3.98. The number of aromatic nitrogens is 2. The molecule has 24 heavy (non-hydrogen) atoms. The van der Waals surface area contributed by atoms with E-state index in [0.29, 0.717) is 5.56 Å². The molecular weight excluding hydrogens is 318 g/mol. The van der Waals surface area contributed by atoms with Crippen LogP contribution in [0.5, 0.6) is 0 Å². The molecule has 0 spiro atoms. The molecule has 1 aromatic heterocycles. The van der Waals surface area contributed by atoms with Gasteiger partial charge in [-0.25, -0.2) is 4.68 Å². The van der Waals surface area contributed by atoms with Gasteiger partial charge in [0.15, 0.2) is 0 Å². The van der Waals surface area contributed by atoms with E-state index in [1.54, 1.807) is 11.8 Å². The number of carbonyl (C=O) groups is 1. The monoisotopic (exact) mass is 337 g/mol. The molecule has 4 nitrogen and oxygen atoms in total. The summed E-state index contributed by atoms with van der Waals surface area (Å²) in [5.41, 5.74) is 4.44. The average Bonchev–Trinajstić information content (AvgIpc) is 2.94. The molecule has 3 rings (SSSR count). The van der Waals surface area contributed by atoms with Crippen molar-refractivity contribution in [2.45, 2.75) is 18.7 Å². The molecule has 0 aliphatic heterocycles. The molecule has 2 aromatic carbocycles. The summed E-state index contributed by atoms with van der Waals surface area (Å²) in [5.74, 6) is -0.114. The summed E-state index contributed by atoms with van der Waals surface area (Å²) in [6.07, 6.45) is 1.99. The summed E-state index contributed by atoms with van der Waals surface area (Å²) in [5, 5.41) is 7.43. The summed E-state index contributed by atoms with van der Waals surface area (Å²) >= 11 is 1.61. The molecule has 0 saturated heterocycles. The fraction of sp³-hybridized carbons (Fsp3) is 0.158. The molecule has 0 aliphatic rings. The van der Waals surface area contributed by atoms with Gasteiger partial charge in [-0.3, -0.25) is 4.79 Å². The Morgan fingerprint density at radius 3 is 2.42 bits per heavy atom. The minimum Gasteiger partial charge on any atom is -0.321 e. The van der Waals surface area contributed by atoms with Crippen molar-refractivity contribution in [1.82, 2.24) is 9.78 Å². The Balaban J connectivity index is 1.80. The van der Waals surface area contributed by atoms with Crippen LogP contribution in [-0.4, -0.2) is 21.9 Å². The van der Waals surface area contributed by atoms with Crippen LogP contribution in [0.3, 0.4) is 0 Å². The second-order valence-electron chi connectivity index (χ2n) is 5.54. The van der Waals surface area contributed by atoms with Crippen molar-refractivity contribution in [3.63, 3.8) is 0 Å². The van der Waals surface area contributed by atoms with E-state index in [9.17, 15) is 4.79 Å². The SMILES string of the molecule is CSc1ccccc1NC(=O)c1ccc(-n2nc(C)cc2C)cc1. The predicted molar refractivity (Wildman–Crippen MR) is 99.2 cm³/mol. The lowest BCUT2D eigenvalue weighted by Crippen LogP contribution is -2.12. The van der Waals surface area contributed by atoms with Crippen LogP contribution in [0, 0.1) is 13.8 Å². The van der Waals surface area contributed by atoms with Crippen LogP contribution in [-0.2, 0) is 0 Å². The fourth-order valence-corrected chi connectivity index (χ4v) is 3.14. The highest BCUT2D eigenvalue weighted by Gasteiger charge is 2.10. The van der Waals surface area contributed by atoms with Gasteiger partial charge in [-0.1, -0.05) is 12.1 Å². The quantitative estimate of drug-likeness (QED) is 0.715. The van der Waals surface area contributed by atoms with Crippen molar-refractivity contribution in [3.8, 4) is 5.69 Å². The highest BCUT2D eigenvalue weighted by molar-refractivity contribution is 7.98. The van der Waals surface area contributed by atoms with E-state index in [1.165, 1.54) is 0 Å². The van der Waals surface area contributed by atoms with Gasteiger partial charge in [0, 0.05) is 16.2 Å². The van der Waals surface area contributed by atoms with E-state index in [4.69, 9.17) is 0 Å². The van der Waals surface area contributed by atoms with E-state index in [0.717, 1.165) is 27.7 Å². The Labute approximate surface area is 145 Å². The highest BCUT2D eigenvalue weighted by Crippen LogP contribution is 2.25. The zero-order valence-electron chi connectivity index (χ0n) is 13.9. The zero-order valence-corrected chi connectivity index (χ0v) is 14.7. The van der Waals surface area contributed by atoms with E-state index in [2.05, 4.69) is 10.4 Å². The summed E-state index contributed by atoms with van der Waals surface area (Å²) in [6, 6.07) is 17.3. The third kappa shape index (κ3) is 3.36. The highest BCUT2D eigenvalue weighted by atomic mass is 32.2. The second-order valence-corrected chi connectivity index (χ2v) is 6.39. The van der Waals surface area contributed by atoms with Crippen LogP contribution in [0.15, 0.2) is 59.5 Å². The number of benzene rings is 2. The zero-order chi connectivity index (χ0) is 17.1. The first kappa shape index (κ1) is 16.3. The number of rotatable bonds is 4. The summed E-state index contributed by atoms with van der Waals surface area (Å²) < 4.78 is 1.88. The first-order valence-electron chi connectivity index (χ1n) is 7.66. The van der Waals surface area contributed by atoms with Gasteiger partial charge in [-0.05, 0) is 62.6 Å². The van der Waals surface area contributed by atoms with Crippen molar-refractivity contribution in [3.05, 3.63) is 71.5 Å². The molecule has 0 fully saturated rings. The van der Waals surface area contributed by atoms with E-state index in [1.807, 2.05) is 79.4 Å². The largest absolute Gasteiger partial charge is 0.321 e. The van der Waals surface area contributed by atoms with Crippen molar-refractivity contribution in [2.75, 3.05) is 11.6 Å². The maximum Gasteiger partial charge on any atom is 0.255 e. The molecular formula is C19H19N3OS. The van der Waals surface area contributed by atoms with Gasteiger partial charge in [0.2, 0.25) is 0 Å². The van der Waals surface area contributed by atoms with Crippen molar-refractivity contribution >= 4 is 23.4 Å². The fourth-order valence-electron chi connectivity index (χ4n) is 2.59. The van der Waals surface area contributed by atoms with E-state index < -0.39 is 0 Å². The predicted octanol–water partition coefficient (Wildman–Crippen LogP) is 4.46. The molecule has 5 heteroatoms. The molecule has 0 atom stereocenters. The lowest BCUT2D eigenvalue weighted by Gasteiger charge is -2.10.